The van der Waals surface area contributed by atoms with Gasteiger partial charge >= 0.3 is 6.61 Å². The first kappa shape index (κ1) is 22.1. The summed E-state index contributed by atoms with van der Waals surface area (Å²) in [6.07, 6.45) is 3.70. The summed E-state index contributed by atoms with van der Waals surface area (Å²) in [7, 11) is -1.02. The van der Waals surface area contributed by atoms with Crippen molar-refractivity contribution in [2.75, 3.05) is 6.26 Å². The molecular formula is C24H21F3N2O2S. The SMILES string of the molecule is CS(=O)c1ccc(-c2cc3c(cc2F)nc2n3CCC2)cc1.FC(F)Oc1ccccc1. The van der Waals surface area contributed by atoms with Crippen LogP contribution in [-0.2, 0) is 23.8 Å². The van der Waals surface area contributed by atoms with Crippen molar-refractivity contribution in [1.82, 2.24) is 9.55 Å². The van der Waals surface area contributed by atoms with Gasteiger partial charge in [0.1, 0.15) is 17.4 Å². The summed E-state index contributed by atoms with van der Waals surface area (Å²) in [4.78, 5) is 5.25. The molecule has 0 saturated carbocycles. The summed E-state index contributed by atoms with van der Waals surface area (Å²) in [5.74, 6) is 0.968. The zero-order chi connectivity index (χ0) is 22.7. The maximum atomic E-state index is 14.4. The lowest BCUT2D eigenvalue weighted by Gasteiger charge is -2.06. The van der Waals surface area contributed by atoms with E-state index >= 15 is 0 Å². The van der Waals surface area contributed by atoms with Gasteiger partial charge in [-0.1, -0.05) is 30.3 Å². The fraction of sp³-hybridized carbons (Fsp3) is 0.208. The van der Waals surface area contributed by atoms with Crippen LogP contribution in [0, 0.1) is 5.82 Å². The normalized spacial score (nSPS) is 13.5. The van der Waals surface area contributed by atoms with Crippen molar-refractivity contribution in [2.45, 2.75) is 30.9 Å². The van der Waals surface area contributed by atoms with Crippen molar-refractivity contribution in [3.8, 4) is 16.9 Å². The van der Waals surface area contributed by atoms with Gasteiger partial charge in [-0.25, -0.2) is 9.37 Å². The number of imidazole rings is 1. The number of rotatable bonds is 4. The van der Waals surface area contributed by atoms with Gasteiger partial charge in [0, 0.05) is 46.5 Å². The number of benzene rings is 3. The van der Waals surface area contributed by atoms with E-state index in [1.165, 1.54) is 18.2 Å². The first-order chi connectivity index (χ1) is 15.4. The number of fused-ring (bicyclic) bond motifs is 3. The molecule has 1 aliphatic rings. The van der Waals surface area contributed by atoms with Gasteiger partial charge in [0.2, 0.25) is 0 Å². The Morgan fingerprint density at radius 3 is 2.44 bits per heavy atom. The van der Waals surface area contributed by atoms with Crippen molar-refractivity contribution >= 4 is 21.8 Å². The Bertz CT molecular complexity index is 1240. The lowest BCUT2D eigenvalue weighted by Crippen LogP contribution is -2.00. The average molecular weight is 459 g/mol. The molecule has 0 fully saturated rings. The van der Waals surface area contributed by atoms with E-state index in [0.29, 0.717) is 5.56 Å². The van der Waals surface area contributed by atoms with Gasteiger partial charge in [-0.2, -0.15) is 8.78 Å². The fourth-order valence-corrected chi connectivity index (χ4v) is 4.20. The number of alkyl halides is 2. The van der Waals surface area contributed by atoms with Crippen LogP contribution in [0.5, 0.6) is 5.75 Å². The zero-order valence-corrected chi connectivity index (χ0v) is 18.1. The molecule has 4 aromatic rings. The highest BCUT2D eigenvalue weighted by molar-refractivity contribution is 7.84. The summed E-state index contributed by atoms with van der Waals surface area (Å²) in [6.45, 7) is -1.78. The van der Waals surface area contributed by atoms with Crippen LogP contribution in [0.1, 0.15) is 12.2 Å². The van der Waals surface area contributed by atoms with Gasteiger partial charge in [0.25, 0.3) is 0 Å². The van der Waals surface area contributed by atoms with Crippen molar-refractivity contribution in [3.63, 3.8) is 0 Å². The molecule has 0 saturated heterocycles. The number of aromatic nitrogens is 2. The monoisotopic (exact) mass is 458 g/mol. The number of hydrogen-bond donors (Lipinski definition) is 0. The molecule has 0 amide bonds. The topological polar surface area (TPSA) is 44.1 Å². The highest BCUT2D eigenvalue weighted by Crippen LogP contribution is 2.30. The van der Waals surface area contributed by atoms with E-state index in [4.69, 9.17) is 0 Å². The van der Waals surface area contributed by atoms with E-state index in [-0.39, 0.29) is 11.6 Å². The average Bonchev–Trinajstić information content (AvgIpc) is 3.35. The standard InChI is InChI=1S/C17H15FN2OS.C7H6F2O/c1-22(21)12-6-4-11(5-7-12)13-9-16-15(10-14(13)18)19-17-3-2-8-20(16)17;8-7(9)10-6-4-2-1-3-5-6/h4-7,9-10H,2-3,8H2,1H3;1-5,7H. The molecular weight excluding hydrogens is 437 g/mol. The summed E-state index contributed by atoms with van der Waals surface area (Å²) in [5.41, 5.74) is 3.08. The Balaban J connectivity index is 0.000000207. The molecule has 3 aromatic carbocycles. The lowest BCUT2D eigenvalue weighted by atomic mass is 10.0. The Morgan fingerprint density at radius 2 is 1.78 bits per heavy atom. The van der Waals surface area contributed by atoms with E-state index in [9.17, 15) is 17.4 Å². The number of para-hydroxylation sites is 1. The van der Waals surface area contributed by atoms with Crippen LogP contribution in [0.3, 0.4) is 0 Å². The van der Waals surface area contributed by atoms with Crippen molar-refractivity contribution in [3.05, 3.63) is 78.4 Å². The van der Waals surface area contributed by atoms with E-state index in [0.717, 1.165) is 46.7 Å². The van der Waals surface area contributed by atoms with Gasteiger partial charge < -0.3 is 9.30 Å². The summed E-state index contributed by atoms with van der Waals surface area (Å²) in [5, 5.41) is 0. The highest BCUT2D eigenvalue weighted by atomic mass is 32.2. The molecule has 5 rings (SSSR count). The van der Waals surface area contributed by atoms with Gasteiger partial charge in [-0.15, -0.1) is 0 Å². The maximum absolute atomic E-state index is 14.4. The third-order valence-electron chi connectivity index (χ3n) is 5.16. The van der Waals surface area contributed by atoms with E-state index in [2.05, 4.69) is 14.3 Å². The highest BCUT2D eigenvalue weighted by Gasteiger charge is 2.18. The number of ether oxygens (including phenoxy) is 1. The van der Waals surface area contributed by atoms with Crippen molar-refractivity contribution in [1.29, 1.82) is 0 Å². The maximum Gasteiger partial charge on any atom is 0.387 e. The Hall–Kier alpha value is -3.13. The second kappa shape index (κ2) is 9.56. The molecule has 4 nitrogen and oxygen atoms in total. The van der Waals surface area contributed by atoms with E-state index in [1.807, 2.05) is 18.2 Å². The molecule has 8 heteroatoms. The first-order valence-corrected chi connectivity index (χ1v) is 11.6. The molecule has 1 aliphatic heterocycles. The molecule has 32 heavy (non-hydrogen) atoms. The molecule has 0 spiro atoms. The molecule has 1 unspecified atom stereocenters. The van der Waals surface area contributed by atoms with Gasteiger partial charge in [0.05, 0.1) is 11.0 Å². The summed E-state index contributed by atoms with van der Waals surface area (Å²) >= 11 is 0. The minimum absolute atomic E-state index is 0.192. The third kappa shape index (κ3) is 4.85. The number of halogens is 3. The zero-order valence-electron chi connectivity index (χ0n) is 17.3. The summed E-state index contributed by atoms with van der Waals surface area (Å²) < 4.78 is 55.1. The molecule has 1 aromatic heterocycles. The molecule has 0 radical (unpaired) electrons. The third-order valence-corrected chi connectivity index (χ3v) is 6.10. The van der Waals surface area contributed by atoms with Crippen LogP contribution in [0.2, 0.25) is 0 Å². The quantitative estimate of drug-likeness (QED) is 0.387. The van der Waals surface area contributed by atoms with Gasteiger partial charge in [0.15, 0.2) is 0 Å². The summed E-state index contributed by atoms with van der Waals surface area (Å²) in [6, 6.07) is 18.6. The molecule has 1 atom stereocenters. The van der Waals surface area contributed by atoms with Gasteiger partial charge in [-0.3, -0.25) is 4.21 Å². The minimum atomic E-state index is -2.73. The van der Waals surface area contributed by atoms with Gasteiger partial charge in [-0.05, 0) is 42.3 Å². The molecule has 2 heterocycles. The number of nitrogens with zero attached hydrogens (tertiary/aromatic N) is 2. The Labute approximate surface area is 186 Å². The fourth-order valence-electron chi connectivity index (χ4n) is 3.68. The van der Waals surface area contributed by atoms with Crippen LogP contribution in [0.15, 0.2) is 71.6 Å². The molecule has 166 valence electrons. The van der Waals surface area contributed by atoms with Crippen LogP contribution < -0.4 is 4.74 Å². The Morgan fingerprint density at radius 1 is 1.06 bits per heavy atom. The first-order valence-electron chi connectivity index (χ1n) is 10.0. The smallest absolute Gasteiger partial charge is 0.387 e. The molecule has 0 aliphatic carbocycles. The van der Waals surface area contributed by atoms with Crippen LogP contribution in [0.4, 0.5) is 13.2 Å². The second-order valence-electron chi connectivity index (χ2n) is 7.27. The van der Waals surface area contributed by atoms with Crippen LogP contribution in [-0.4, -0.2) is 26.6 Å². The number of aryl methyl sites for hydroxylation is 2. The lowest BCUT2D eigenvalue weighted by molar-refractivity contribution is -0.0498. The Kier molecular flexibility index (Phi) is 6.60. The predicted octanol–water partition coefficient (Wildman–Crippen LogP) is 5.81. The minimum Gasteiger partial charge on any atom is -0.435 e. The molecule has 0 bridgehead atoms. The number of hydrogen-bond acceptors (Lipinski definition) is 3. The van der Waals surface area contributed by atoms with Crippen molar-refractivity contribution < 1.29 is 22.1 Å². The van der Waals surface area contributed by atoms with Crippen LogP contribution >= 0.6 is 0 Å². The van der Waals surface area contributed by atoms with Crippen LogP contribution in [0.25, 0.3) is 22.2 Å². The van der Waals surface area contributed by atoms with E-state index in [1.54, 1.807) is 36.6 Å². The second-order valence-corrected chi connectivity index (χ2v) is 8.65. The molecule has 0 N–H and O–H groups in total. The predicted molar refractivity (Wildman–Crippen MR) is 119 cm³/mol. The van der Waals surface area contributed by atoms with E-state index < -0.39 is 17.4 Å². The largest absolute Gasteiger partial charge is 0.435 e. The van der Waals surface area contributed by atoms with Crippen molar-refractivity contribution in [2.24, 2.45) is 0 Å².